The Kier molecular flexibility index (Phi) is 4.01. The minimum absolute atomic E-state index is 0.0980. The van der Waals surface area contributed by atoms with Crippen molar-refractivity contribution in [2.75, 3.05) is 0 Å². The number of aliphatic imine (C=N–C) groups is 1. The van der Waals surface area contributed by atoms with Crippen LogP contribution < -0.4 is 5.32 Å². The number of carbonyl (C=O) groups is 1. The number of amidine groups is 1. The van der Waals surface area contributed by atoms with Gasteiger partial charge in [0, 0.05) is 0 Å². The van der Waals surface area contributed by atoms with Crippen LogP contribution in [-0.2, 0) is 10.3 Å². The first-order chi connectivity index (χ1) is 9.96. The van der Waals surface area contributed by atoms with Gasteiger partial charge in [-0.2, -0.15) is 13.2 Å². The zero-order chi connectivity index (χ0) is 16.8. The summed E-state index contributed by atoms with van der Waals surface area (Å²) in [6.07, 6.45) is -4.68. The topological polar surface area (TPSA) is 41.5 Å². The van der Waals surface area contributed by atoms with Gasteiger partial charge in [0.2, 0.25) is 0 Å². The molecule has 0 saturated carbocycles. The number of hydrogen-bond acceptors (Lipinski definition) is 3. The highest BCUT2D eigenvalue weighted by Gasteiger charge is 2.62. The Hall–Kier alpha value is -1.57. The highest BCUT2D eigenvalue weighted by molar-refractivity contribution is 8.16. The molecule has 120 valence electrons. The van der Waals surface area contributed by atoms with Crippen LogP contribution in [0.25, 0.3) is 0 Å². The fraction of sp³-hybridized carbons (Fsp3) is 0.429. The summed E-state index contributed by atoms with van der Waals surface area (Å²) in [5.74, 6) is -1.56. The van der Waals surface area contributed by atoms with E-state index in [0.717, 1.165) is 6.92 Å². The van der Waals surface area contributed by atoms with Crippen molar-refractivity contribution < 1.29 is 22.4 Å². The van der Waals surface area contributed by atoms with E-state index in [1.54, 1.807) is 13.8 Å². The largest absolute Gasteiger partial charge is 0.412 e. The average Bonchev–Trinajstić information content (AvgIpc) is 2.64. The van der Waals surface area contributed by atoms with E-state index in [1.807, 2.05) is 0 Å². The molecule has 1 aromatic carbocycles. The summed E-state index contributed by atoms with van der Waals surface area (Å²) >= 11 is 0.343. The Labute approximate surface area is 129 Å². The number of amides is 1. The second-order valence-corrected chi connectivity index (χ2v) is 6.98. The van der Waals surface area contributed by atoms with Gasteiger partial charge in [-0.3, -0.25) is 9.79 Å². The smallest absolute Gasteiger partial charge is 0.304 e. The summed E-state index contributed by atoms with van der Waals surface area (Å²) in [6, 6.07) is 5.50. The molecule has 0 spiro atoms. The van der Waals surface area contributed by atoms with E-state index in [9.17, 15) is 22.4 Å². The van der Waals surface area contributed by atoms with Crippen molar-refractivity contribution in [1.29, 1.82) is 0 Å². The van der Waals surface area contributed by atoms with Gasteiger partial charge in [0.1, 0.15) is 5.82 Å². The molecule has 2 rings (SSSR count). The lowest BCUT2D eigenvalue weighted by atomic mass is 9.95. The maximum atomic E-state index is 13.0. The third-order valence-electron chi connectivity index (χ3n) is 3.43. The molecule has 8 heteroatoms. The number of rotatable bonds is 2. The number of hydrogen-bond donors (Lipinski definition) is 1. The lowest BCUT2D eigenvalue weighted by Crippen LogP contribution is -2.46. The first-order valence-corrected chi connectivity index (χ1v) is 7.20. The summed E-state index contributed by atoms with van der Waals surface area (Å²) < 4.78 is 49.4. The van der Waals surface area contributed by atoms with Crippen LogP contribution in [0.5, 0.6) is 0 Å². The molecule has 1 saturated heterocycles. The first kappa shape index (κ1) is 16.8. The van der Waals surface area contributed by atoms with Gasteiger partial charge in [-0.15, -0.1) is 0 Å². The fourth-order valence-electron chi connectivity index (χ4n) is 1.90. The van der Waals surface area contributed by atoms with Gasteiger partial charge in [-0.25, -0.2) is 4.39 Å². The highest BCUT2D eigenvalue weighted by atomic mass is 32.2. The minimum atomic E-state index is -4.68. The van der Waals surface area contributed by atoms with Crippen molar-refractivity contribution >= 4 is 22.8 Å². The molecule has 1 N–H and O–H groups in total. The Bertz CT molecular complexity index is 625. The molecule has 1 aromatic rings. The van der Waals surface area contributed by atoms with Gasteiger partial charge in [0.05, 0.1) is 5.54 Å². The van der Waals surface area contributed by atoms with Crippen molar-refractivity contribution in [3.63, 3.8) is 0 Å². The molecule has 0 bridgehead atoms. The van der Waals surface area contributed by atoms with E-state index in [-0.39, 0.29) is 5.17 Å². The van der Waals surface area contributed by atoms with E-state index in [1.165, 1.54) is 24.3 Å². The summed E-state index contributed by atoms with van der Waals surface area (Å²) in [4.78, 5) is 15.8. The Morgan fingerprint density at radius 2 is 1.73 bits per heavy atom. The number of nitrogens with one attached hydrogen (secondary N) is 1. The minimum Gasteiger partial charge on any atom is -0.304 e. The third-order valence-corrected chi connectivity index (χ3v) is 4.64. The van der Waals surface area contributed by atoms with Crippen LogP contribution in [0.1, 0.15) is 26.3 Å². The lowest BCUT2D eigenvalue weighted by Gasteiger charge is -2.23. The second kappa shape index (κ2) is 5.26. The second-order valence-electron chi connectivity index (χ2n) is 5.57. The van der Waals surface area contributed by atoms with Crippen LogP contribution in [0, 0.1) is 5.82 Å². The lowest BCUT2D eigenvalue weighted by molar-refractivity contribution is -0.166. The predicted octanol–water partition coefficient (Wildman–Crippen LogP) is 3.60. The van der Waals surface area contributed by atoms with Gasteiger partial charge in [-0.1, -0.05) is 23.9 Å². The highest BCUT2D eigenvalue weighted by Crippen LogP contribution is 2.45. The van der Waals surface area contributed by atoms with E-state index in [4.69, 9.17) is 0 Å². The molecule has 1 aliphatic heterocycles. The van der Waals surface area contributed by atoms with E-state index in [2.05, 4.69) is 10.3 Å². The monoisotopic (exact) mass is 334 g/mol. The summed E-state index contributed by atoms with van der Waals surface area (Å²) in [5.41, 5.74) is -0.281. The standard InChI is InChI=1S/C14H14F4N2OS/c1-12(2,8-4-6-9(15)7-5-8)20-11-19-10(21)13(3,22-11)14(16,17)18/h4-7H,1-3H3,(H,19,20,21)/t13-/m0/s1. The predicted molar refractivity (Wildman–Crippen MR) is 77.1 cm³/mol. The maximum absolute atomic E-state index is 13.0. The van der Waals surface area contributed by atoms with Crippen LogP contribution in [-0.4, -0.2) is 22.0 Å². The first-order valence-electron chi connectivity index (χ1n) is 6.39. The van der Waals surface area contributed by atoms with Gasteiger partial charge in [-0.05, 0) is 38.5 Å². The van der Waals surface area contributed by atoms with Crippen molar-refractivity contribution in [2.24, 2.45) is 4.99 Å². The number of thioether (sulfide) groups is 1. The zero-order valence-corrected chi connectivity index (χ0v) is 12.9. The molecule has 1 heterocycles. The average molecular weight is 334 g/mol. The van der Waals surface area contributed by atoms with Gasteiger partial charge in [0.15, 0.2) is 9.91 Å². The Morgan fingerprint density at radius 3 is 2.18 bits per heavy atom. The Balaban J connectivity index is 2.31. The van der Waals surface area contributed by atoms with Crippen molar-refractivity contribution in [1.82, 2.24) is 5.32 Å². The molecule has 22 heavy (non-hydrogen) atoms. The summed E-state index contributed by atoms with van der Waals surface area (Å²) in [7, 11) is 0. The molecule has 0 radical (unpaired) electrons. The number of carbonyl (C=O) groups excluding carboxylic acids is 1. The quantitative estimate of drug-likeness (QED) is 0.840. The van der Waals surface area contributed by atoms with Crippen LogP contribution >= 0.6 is 11.8 Å². The molecule has 0 unspecified atom stereocenters. The number of alkyl halides is 3. The molecule has 0 aromatic heterocycles. The molecule has 1 amide bonds. The van der Waals surface area contributed by atoms with E-state index < -0.39 is 28.2 Å². The van der Waals surface area contributed by atoms with Crippen LogP contribution in [0.3, 0.4) is 0 Å². The number of nitrogens with zero attached hydrogens (tertiary/aromatic N) is 1. The molecule has 0 aliphatic carbocycles. The zero-order valence-electron chi connectivity index (χ0n) is 12.1. The summed E-state index contributed by atoms with van der Waals surface area (Å²) in [6.45, 7) is 4.16. The number of benzene rings is 1. The SMILES string of the molecule is CC(C)(N=C1NC(=O)[C@@](C)(C(F)(F)F)S1)c1ccc(F)cc1. The van der Waals surface area contributed by atoms with Crippen LogP contribution in [0.2, 0.25) is 0 Å². The fourth-order valence-corrected chi connectivity index (χ4v) is 2.96. The molecular weight excluding hydrogens is 320 g/mol. The molecule has 1 atom stereocenters. The molecule has 1 fully saturated rings. The molecular formula is C14H14F4N2OS. The normalized spacial score (nSPS) is 24.7. The molecule has 3 nitrogen and oxygen atoms in total. The maximum Gasteiger partial charge on any atom is 0.412 e. The van der Waals surface area contributed by atoms with Crippen molar-refractivity contribution in [3.05, 3.63) is 35.6 Å². The Morgan fingerprint density at radius 1 is 1.18 bits per heavy atom. The summed E-state index contributed by atoms with van der Waals surface area (Å²) in [5, 5.41) is 2.07. The van der Waals surface area contributed by atoms with Crippen molar-refractivity contribution in [3.8, 4) is 0 Å². The van der Waals surface area contributed by atoms with Gasteiger partial charge >= 0.3 is 6.18 Å². The van der Waals surface area contributed by atoms with Crippen molar-refractivity contribution in [2.45, 2.75) is 37.2 Å². The van der Waals surface area contributed by atoms with Gasteiger partial charge < -0.3 is 5.32 Å². The van der Waals surface area contributed by atoms with Crippen LogP contribution in [0.15, 0.2) is 29.3 Å². The van der Waals surface area contributed by atoms with E-state index >= 15 is 0 Å². The third kappa shape index (κ3) is 2.97. The number of halogens is 4. The van der Waals surface area contributed by atoms with Crippen LogP contribution in [0.4, 0.5) is 17.6 Å². The van der Waals surface area contributed by atoms with E-state index in [0.29, 0.717) is 17.3 Å². The molecule has 1 aliphatic rings. The van der Waals surface area contributed by atoms with Gasteiger partial charge in [0.25, 0.3) is 5.91 Å².